The molecule has 0 spiro atoms. The maximum atomic E-state index is 12.9. The van der Waals surface area contributed by atoms with Crippen LogP contribution in [-0.4, -0.2) is 44.6 Å². The van der Waals surface area contributed by atoms with E-state index in [0.717, 1.165) is 24.8 Å². The first kappa shape index (κ1) is 18.5. The summed E-state index contributed by atoms with van der Waals surface area (Å²) in [5.74, 6) is 0.313. The molecule has 0 bridgehead atoms. The zero-order valence-corrected chi connectivity index (χ0v) is 15.4. The van der Waals surface area contributed by atoms with Crippen LogP contribution in [0.15, 0.2) is 17.0 Å². The predicted octanol–water partition coefficient (Wildman–Crippen LogP) is 2.83. The van der Waals surface area contributed by atoms with Crippen molar-refractivity contribution in [1.82, 2.24) is 4.31 Å². The van der Waals surface area contributed by atoms with Crippen LogP contribution in [0, 0.1) is 12.3 Å². The normalized spacial score (nSPS) is 17.1. The molecule has 0 heterocycles. The molecule has 7 heteroatoms. The minimum Gasteiger partial charge on any atom is -0.492 e. The third-order valence-electron chi connectivity index (χ3n) is 4.52. The highest BCUT2D eigenvalue weighted by Crippen LogP contribution is 2.42. The fourth-order valence-corrected chi connectivity index (χ4v) is 4.52. The van der Waals surface area contributed by atoms with Gasteiger partial charge in [-0.15, -0.1) is 0 Å². The Balaban J connectivity index is 2.36. The Morgan fingerprint density at radius 2 is 2.04 bits per heavy atom. The van der Waals surface area contributed by atoms with E-state index in [9.17, 15) is 13.5 Å². The number of rotatable bonds is 7. The first-order valence-corrected chi connectivity index (χ1v) is 9.58. The molecule has 130 valence electrons. The molecule has 0 radical (unpaired) electrons. The highest BCUT2D eigenvalue weighted by Gasteiger charge is 2.40. The minimum absolute atomic E-state index is 0.000168. The molecule has 1 saturated carbocycles. The molecule has 1 N–H and O–H groups in total. The van der Waals surface area contributed by atoms with Crippen LogP contribution >= 0.6 is 11.6 Å². The van der Waals surface area contributed by atoms with Crippen molar-refractivity contribution >= 4 is 21.6 Å². The third kappa shape index (κ3) is 3.65. The van der Waals surface area contributed by atoms with Crippen molar-refractivity contribution in [3.8, 4) is 5.75 Å². The molecule has 0 atom stereocenters. The quantitative estimate of drug-likeness (QED) is 0.810. The maximum absolute atomic E-state index is 12.9. The van der Waals surface area contributed by atoms with E-state index < -0.39 is 10.0 Å². The van der Waals surface area contributed by atoms with Gasteiger partial charge in [0.05, 0.1) is 6.61 Å². The van der Waals surface area contributed by atoms with Gasteiger partial charge in [-0.2, -0.15) is 0 Å². The first-order chi connectivity index (χ1) is 10.8. The Morgan fingerprint density at radius 3 is 2.52 bits per heavy atom. The van der Waals surface area contributed by atoms with Gasteiger partial charge in [0.25, 0.3) is 0 Å². The molecule has 1 aliphatic carbocycles. The van der Waals surface area contributed by atoms with Crippen molar-refractivity contribution in [3.05, 3.63) is 22.7 Å². The van der Waals surface area contributed by atoms with Gasteiger partial charge in [0.2, 0.25) is 10.0 Å². The van der Waals surface area contributed by atoms with E-state index in [1.807, 2.05) is 0 Å². The van der Waals surface area contributed by atoms with Crippen LogP contribution in [0.2, 0.25) is 5.02 Å². The van der Waals surface area contributed by atoms with Crippen LogP contribution in [-0.2, 0) is 10.0 Å². The number of aliphatic hydroxyl groups excluding tert-OH is 1. The van der Waals surface area contributed by atoms with E-state index in [1.54, 1.807) is 19.9 Å². The number of ether oxygens (including phenoxy) is 1. The van der Waals surface area contributed by atoms with Gasteiger partial charge < -0.3 is 9.84 Å². The smallest absolute Gasteiger partial charge is 0.246 e. The fourth-order valence-electron chi connectivity index (χ4n) is 2.87. The minimum atomic E-state index is -3.74. The van der Waals surface area contributed by atoms with Crippen LogP contribution in [0.25, 0.3) is 0 Å². The Labute approximate surface area is 143 Å². The second kappa shape index (κ2) is 6.97. The molecular formula is C16H24ClNO4S. The fraction of sp³-hybridized carbons (Fsp3) is 0.625. The molecular weight excluding hydrogens is 338 g/mol. The third-order valence-corrected chi connectivity index (χ3v) is 6.75. The largest absolute Gasteiger partial charge is 0.492 e. The lowest BCUT2D eigenvalue weighted by atomic mass is 9.69. The van der Waals surface area contributed by atoms with Gasteiger partial charge in [0.1, 0.15) is 10.6 Å². The molecule has 1 fully saturated rings. The van der Waals surface area contributed by atoms with Crippen molar-refractivity contribution in [1.29, 1.82) is 0 Å². The Kier molecular flexibility index (Phi) is 5.61. The standard InChI is InChI=1S/C16H24ClNO4S/c1-4-22-14-8-12(2)13(17)9-15(14)23(20,21)18(3)10-16(11-19)6-5-7-16/h8-9,19H,4-7,10-11H2,1-3H3. The zero-order valence-electron chi connectivity index (χ0n) is 13.8. The molecule has 1 aromatic rings. The van der Waals surface area contributed by atoms with E-state index in [2.05, 4.69) is 0 Å². The van der Waals surface area contributed by atoms with Crippen molar-refractivity contribution in [2.24, 2.45) is 5.41 Å². The molecule has 0 aromatic heterocycles. The van der Waals surface area contributed by atoms with E-state index in [-0.39, 0.29) is 16.9 Å². The van der Waals surface area contributed by atoms with Gasteiger partial charge in [-0.25, -0.2) is 12.7 Å². The monoisotopic (exact) mass is 361 g/mol. The highest BCUT2D eigenvalue weighted by atomic mass is 35.5. The number of aliphatic hydroxyl groups is 1. The summed E-state index contributed by atoms with van der Waals surface area (Å²) in [4.78, 5) is 0.0739. The number of aryl methyl sites for hydroxylation is 1. The van der Waals surface area contributed by atoms with Crippen molar-refractivity contribution in [2.75, 3.05) is 26.8 Å². The summed E-state index contributed by atoms with van der Waals surface area (Å²) in [7, 11) is -2.20. The maximum Gasteiger partial charge on any atom is 0.246 e. The van der Waals surface area contributed by atoms with Crippen LogP contribution in [0.1, 0.15) is 31.7 Å². The molecule has 0 amide bonds. The zero-order chi connectivity index (χ0) is 17.3. The van der Waals surface area contributed by atoms with Crippen molar-refractivity contribution < 1.29 is 18.3 Å². The first-order valence-electron chi connectivity index (χ1n) is 7.76. The second-order valence-electron chi connectivity index (χ2n) is 6.25. The van der Waals surface area contributed by atoms with E-state index >= 15 is 0 Å². The molecule has 1 aliphatic rings. The molecule has 23 heavy (non-hydrogen) atoms. The number of hydrogen-bond donors (Lipinski definition) is 1. The molecule has 0 aliphatic heterocycles. The average molecular weight is 362 g/mol. The topological polar surface area (TPSA) is 66.8 Å². The van der Waals surface area contributed by atoms with Crippen LogP contribution in [0.3, 0.4) is 0 Å². The van der Waals surface area contributed by atoms with E-state index in [4.69, 9.17) is 16.3 Å². The second-order valence-corrected chi connectivity index (χ2v) is 8.67. The SMILES string of the molecule is CCOc1cc(C)c(Cl)cc1S(=O)(=O)N(C)CC1(CO)CCC1. The summed E-state index contributed by atoms with van der Waals surface area (Å²) < 4.78 is 32.7. The molecule has 5 nitrogen and oxygen atoms in total. The summed E-state index contributed by atoms with van der Waals surface area (Å²) in [6, 6.07) is 3.10. The van der Waals surface area contributed by atoms with E-state index in [0.29, 0.717) is 23.9 Å². The molecule has 0 saturated heterocycles. The summed E-state index contributed by atoms with van der Waals surface area (Å²) >= 11 is 6.12. The molecule has 1 aromatic carbocycles. The summed E-state index contributed by atoms with van der Waals surface area (Å²) in [6.07, 6.45) is 2.71. The van der Waals surface area contributed by atoms with Crippen LogP contribution in [0.4, 0.5) is 0 Å². The number of sulfonamides is 1. The lowest BCUT2D eigenvalue weighted by Crippen LogP contribution is -2.45. The average Bonchev–Trinajstić information content (AvgIpc) is 2.46. The number of halogens is 1. The number of nitrogens with zero attached hydrogens (tertiary/aromatic N) is 1. The Morgan fingerprint density at radius 1 is 1.39 bits per heavy atom. The van der Waals surface area contributed by atoms with Gasteiger partial charge >= 0.3 is 0 Å². The van der Waals surface area contributed by atoms with Crippen molar-refractivity contribution in [3.63, 3.8) is 0 Å². The van der Waals surface area contributed by atoms with Gasteiger partial charge in [-0.1, -0.05) is 18.0 Å². The molecule has 0 unspecified atom stereocenters. The van der Waals surface area contributed by atoms with Gasteiger partial charge in [0.15, 0.2) is 0 Å². The number of hydrogen-bond acceptors (Lipinski definition) is 4. The van der Waals surface area contributed by atoms with Gasteiger partial charge in [0, 0.05) is 30.6 Å². The van der Waals surface area contributed by atoms with Crippen LogP contribution in [0.5, 0.6) is 5.75 Å². The summed E-state index contributed by atoms with van der Waals surface area (Å²) in [5.41, 5.74) is 0.449. The highest BCUT2D eigenvalue weighted by molar-refractivity contribution is 7.89. The molecule has 2 rings (SSSR count). The Bertz CT molecular complexity index is 665. The van der Waals surface area contributed by atoms with Crippen molar-refractivity contribution in [2.45, 2.75) is 38.0 Å². The predicted molar refractivity (Wildman–Crippen MR) is 90.5 cm³/mol. The van der Waals surface area contributed by atoms with E-state index in [1.165, 1.54) is 17.4 Å². The lowest BCUT2D eigenvalue weighted by molar-refractivity contribution is 0.0311. The lowest BCUT2D eigenvalue weighted by Gasteiger charge is -2.42. The van der Waals surface area contributed by atoms with Crippen LogP contribution < -0.4 is 4.74 Å². The van der Waals surface area contributed by atoms with Gasteiger partial charge in [-0.3, -0.25) is 0 Å². The summed E-state index contributed by atoms with van der Waals surface area (Å²) in [6.45, 7) is 4.27. The number of benzene rings is 1. The summed E-state index contributed by atoms with van der Waals surface area (Å²) in [5, 5.41) is 9.96. The Hall–Kier alpha value is -0.820. The van der Waals surface area contributed by atoms with Gasteiger partial charge in [-0.05, 0) is 44.4 Å².